The largest absolute Gasteiger partial charge is 0.486 e. The van der Waals surface area contributed by atoms with E-state index in [1.54, 1.807) is 29.0 Å². The number of fused-ring (bicyclic) bond motifs is 1. The Balaban J connectivity index is 1.84. The molecule has 7 heteroatoms. The molecule has 0 saturated carbocycles. The van der Waals surface area contributed by atoms with Crippen molar-refractivity contribution >= 4 is 21.0 Å². The van der Waals surface area contributed by atoms with E-state index in [-0.39, 0.29) is 16.8 Å². The van der Waals surface area contributed by atoms with Gasteiger partial charge in [-0.1, -0.05) is 25.1 Å². The summed E-state index contributed by atoms with van der Waals surface area (Å²) in [5, 5.41) is 0.889. The van der Waals surface area contributed by atoms with Gasteiger partial charge < -0.3 is 9.30 Å². The molecule has 0 radical (unpaired) electrons. The minimum Gasteiger partial charge on any atom is -0.486 e. The van der Waals surface area contributed by atoms with Crippen LogP contribution in [0.15, 0.2) is 71.8 Å². The molecule has 3 aromatic carbocycles. The van der Waals surface area contributed by atoms with Crippen LogP contribution in [0.2, 0.25) is 0 Å². The van der Waals surface area contributed by atoms with Gasteiger partial charge in [0.25, 0.3) is 10.1 Å². The molecule has 1 atom stereocenters. The van der Waals surface area contributed by atoms with E-state index in [9.17, 15) is 17.4 Å². The first-order valence-electron chi connectivity index (χ1n) is 10.3. The lowest BCUT2D eigenvalue weighted by Crippen LogP contribution is -2.09. The molecule has 1 unspecified atom stereocenters. The van der Waals surface area contributed by atoms with E-state index in [0.717, 1.165) is 22.0 Å². The lowest BCUT2D eigenvalue weighted by molar-refractivity contribution is 0.226. The van der Waals surface area contributed by atoms with Crippen LogP contribution < -0.4 is 4.74 Å². The van der Waals surface area contributed by atoms with Gasteiger partial charge in [0.2, 0.25) is 0 Å². The molecule has 0 saturated heterocycles. The quantitative estimate of drug-likeness (QED) is 0.362. The summed E-state index contributed by atoms with van der Waals surface area (Å²) in [5.74, 6) is 0.236. The number of nitrogens with zero attached hydrogens (tertiary/aromatic N) is 1. The Kier molecular flexibility index (Phi) is 5.79. The summed E-state index contributed by atoms with van der Waals surface area (Å²) < 4.78 is 55.6. The van der Waals surface area contributed by atoms with Crippen molar-refractivity contribution in [3.63, 3.8) is 0 Å². The standard InChI is InChI=1S/C25H24FNO4S/c1-4-22-16(2)8-11-24(32(28,29)30)25(22)27-13-12-18-9-10-21(15-23(18)27)31-17(3)19-6-5-7-20(26)14-19/h5-15,17H,4H2,1-3H3,(H,28,29,30). The first kappa shape index (κ1) is 22.0. The molecule has 1 aromatic heterocycles. The number of aryl methyl sites for hydroxylation is 1. The Morgan fingerprint density at radius 2 is 1.88 bits per heavy atom. The molecule has 4 aromatic rings. The van der Waals surface area contributed by atoms with Gasteiger partial charge in [0.05, 0.1) is 11.2 Å². The number of hydrogen-bond donors (Lipinski definition) is 1. The lowest BCUT2D eigenvalue weighted by Gasteiger charge is -2.18. The van der Waals surface area contributed by atoms with Crippen molar-refractivity contribution in [2.24, 2.45) is 0 Å². The molecular weight excluding hydrogens is 429 g/mol. The summed E-state index contributed by atoms with van der Waals surface area (Å²) in [5.41, 5.74) is 3.64. The fraction of sp³-hybridized carbons (Fsp3) is 0.200. The topological polar surface area (TPSA) is 68.5 Å². The number of rotatable bonds is 6. The smallest absolute Gasteiger partial charge is 0.296 e. The second-order valence-electron chi connectivity index (χ2n) is 7.76. The van der Waals surface area contributed by atoms with E-state index < -0.39 is 10.1 Å². The van der Waals surface area contributed by atoms with Crippen LogP contribution in [0.25, 0.3) is 16.6 Å². The average molecular weight is 454 g/mol. The normalized spacial score (nSPS) is 12.8. The van der Waals surface area contributed by atoms with Gasteiger partial charge in [-0.15, -0.1) is 0 Å². The monoisotopic (exact) mass is 453 g/mol. The Morgan fingerprint density at radius 1 is 1.09 bits per heavy atom. The number of aromatic nitrogens is 1. The first-order chi connectivity index (χ1) is 15.2. The number of ether oxygens (including phenoxy) is 1. The molecule has 4 rings (SSSR count). The van der Waals surface area contributed by atoms with E-state index in [0.29, 0.717) is 23.4 Å². The van der Waals surface area contributed by atoms with Crippen molar-refractivity contribution in [1.82, 2.24) is 4.57 Å². The van der Waals surface area contributed by atoms with Crippen molar-refractivity contribution in [2.45, 2.75) is 38.2 Å². The zero-order valence-corrected chi connectivity index (χ0v) is 18.9. The number of halogens is 1. The van der Waals surface area contributed by atoms with Gasteiger partial charge >= 0.3 is 0 Å². The predicted molar refractivity (Wildman–Crippen MR) is 123 cm³/mol. The van der Waals surface area contributed by atoms with Crippen molar-refractivity contribution in [3.05, 3.63) is 89.4 Å². The highest BCUT2D eigenvalue weighted by molar-refractivity contribution is 7.86. The summed E-state index contributed by atoms with van der Waals surface area (Å²) >= 11 is 0. The van der Waals surface area contributed by atoms with Crippen molar-refractivity contribution in [3.8, 4) is 11.4 Å². The molecule has 0 amide bonds. The summed E-state index contributed by atoms with van der Waals surface area (Å²) in [6, 6.07) is 16.8. The minimum atomic E-state index is -4.43. The van der Waals surface area contributed by atoms with E-state index in [2.05, 4.69) is 0 Å². The van der Waals surface area contributed by atoms with Gasteiger partial charge in [-0.25, -0.2) is 4.39 Å². The maximum atomic E-state index is 13.6. The highest BCUT2D eigenvalue weighted by atomic mass is 32.2. The summed E-state index contributed by atoms with van der Waals surface area (Å²) in [7, 11) is -4.43. The van der Waals surface area contributed by atoms with Gasteiger partial charge in [0, 0.05) is 17.6 Å². The van der Waals surface area contributed by atoms with Crippen molar-refractivity contribution in [1.29, 1.82) is 0 Å². The third-order valence-electron chi connectivity index (χ3n) is 5.65. The Morgan fingerprint density at radius 3 is 2.56 bits per heavy atom. The van der Waals surface area contributed by atoms with Crippen LogP contribution in [0.5, 0.6) is 5.75 Å². The molecule has 0 spiro atoms. The van der Waals surface area contributed by atoms with Crippen LogP contribution in [0.4, 0.5) is 4.39 Å². The van der Waals surface area contributed by atoms with E-state index in [1.165, 1.54) is 18.2 Å². The van der Waals surface area contributed by atoms with Crippen LogP contribution in [-0.2, 0) is 16.5 Å². The van der Waals surface area contributed by atoms with Crippen LogP contribution in [0.3, 0.4) is 0 Å². The van der Waals surface area contributed by atoms with E-state index in [4.69, 9.17) is 4.74 Å². The van der Waals surface area contributed by atoms with E-state index >= 15 is 0 Å². The second kappa shape index (κ2) is 8.41. The fourth-order valence-electron chi connectivity index (χ4n) is 4.04. The van der Waals surface area contributed by atoms with Gasteiger partial charge in [0.1, 0.15) is 22.6 Å². The van der Waals surface area contributed by atoms with Crippen LogP contribution >= 0.6 is 0 Å². The van der Waals surface area contributed by atoms with Crippen LogP contribution in [0, 0.1) is 12.7 Å². The SMILES string of the molecule is CCc1c(C)ccc(S(=O)(=O)O)c1-n1ccc2ccc(OC(C)c3cccc(F)c3)cc21. The highest BCUT2D eigenvalue weighted by Gasteiger charge is 2.22. The summed E-state index contributed by atoms with van der Waals surface area (Å²) in [4.78, 5) is -0.142. The van der Waals surface area contributed by atoms with Gasteiger partial charge in [-0.3, -0.25) is 4.55 Å². The lowest BCUT2D eigenvalue weighted by atomic mass is 10.0. The Bertz CT molecular complexity index is 1410. The Hall–Kier alpha value is -3.16. The average Bonchev–Trinajstić information content (AvgIpc) is 3.15. The molecule has 166 valence electrons. The van der Waals surface area contributed by atoms with Gasteiger partial charge in [-0.05, 0) is 73.4 Å². The highest BCUT2D eigenvalue weighted by Crippen LogP contribution is 2.33. The maximum Gasteiger partial charge on any atom is 0.296 e. The third-order valence-corrected chi connectivity index (χ3v) is 6.53. The molecule has 1 N–H and O–H groups in total. The second-order valence-corrected chi connectivity index (χ2v) is 9.15. The predicted octanol–water partition coefficient (Wildman–Crippen LogP) is 6.03. The van der Waals surface area contributed by atoms with Crippen LogP contribution in [-0.4, -0.2) is 17.5 Å². The molecule has 0 bridgehead atoms. The molecule has 32 heavy (non-hydrogen) atoms. The van der Waals surface area contributed by atoms with Gasteiger partial charge in [0.15, 0.2) is 0 Å². The van der Waals surface area contributed by atoms with E-state index in [1.807, 2.05) is 45.0 Å². The van der Waals surface area contributed by atoms with Crippen molar-refractivity contribution < 1.29 is 22.1 Å². The fourth-order valence-corrected chi connectivity index (χ4v) is 4.75. The third kappa shape index (κ3) is 4.13. The zero-order valence-electron chi connectivity index (χ0n) is 18.0. The first-order valence-corrected chi connectivity index (χ1v) is 11.8. The minimum absolute atomic E-state index is 0.142. The molecule has 0 fully saturated rings. The summed E-state index contributed by atoms with van der Waals surface area (Å²) in [6.45, 7) is 5.70. The maximum absolute atomic E-state index is 13.6. The number of benzene rings is 3. The molecule has 0 aliphatic heterocycles. The van der Waals surface area contributed by atoms with Crippen LogP contribution in [0.1, 0.15) is 36.6 Å². The van der Waals surface area contributed by atoms with Gasteiger partial charge in [-0.2, -0.15) is 8.42 Å². The number of hydrogen-bond acceptors (Lipinski definition) is 3. The molecule has 0 aliphatic rings. The Labute approximate surface area is 186 Å². The molecule has 1 heterocycles. The molecule has 0 aliphatic carbocycles. The van der Waals surface area contributed by atoms with Crippen molar-refractivity contribution in [2.75, 3.05) is 0 Å². The molecular formula is C25H24FNO4S. The molecule has 5 nitrogen and oxygen atoms in total. The summed E-state index contributed by atoms with van der Waals surface area (Å²) in [6.07, 6.45) is 1.99. The zero-order chi connectivity index (χ0) is 23.0.